The maximum absolute atomic E-state index is 5.12. The van der Waals surface area contributed by atoms with Gasteiger partial charge in [0.15, 0.2) is 5.82 Å². The molecule has 0 radical (unpaired) electrons. The second kappa shape index (κ2) is 2.06. The van der Waals surface area contributed by atoms with Crippen molar-refractivity contribution in [2.75, 3.05) is 0 Å². The molecule has 0 N–H and O–H groups in total. The van der Waals surface area contributed by atoms with Crippen LogP contribution >= 0.6 is 0 Å². The Kier molecular flexibility index (Phi) is 1.28. The molecule has 0 saturated heterocycles. The quantitative estimate of drug-likeness (QED) is 0.648. The monoisotopic (exact) mass is 152 g/mol. The summed E-state index contributed by atoms with van der Waals surface area (Å²) in [7, 11) is 0. The van der Waals surface area contributed by atoms with E-state index in [0.717, 1.165) is 18.1 Å². The van der Waals surface area contributed by atoms with Crippen LogP contribution in [0.5, 0.6) is 0 Å². The van der Waals surface area contributed by atoms with Crippen LogP contribution in [-0.4, -0.2) is 10.1 Å². The summed E-state index contributed by atoms with van der Waals surface area (Å²) in [5.41, 5.74) is 0.265. The molecule has 3 heteroatoms. The van der Waals surface area contributed by atoms with E-state index >= 15 is 0 Å². The van der Waals surface area contributed by atoms with Gasteiger partial charge in [-0.15, -0.1) is 0 Å². The lowest BCUT2D eigenvalue weighted by atomic mass is 10.0. The summed E-state index contributed by atoms with van der Waals surface area (Å²) in [4.78, 5) is 4.24. The maximum Gasteiger partial charge on any atom is 0.232 e. The molecule has 0 aliphatic heterocycles. The fourth-order valence-corrected chi connectivity index (χ4v) is 1.38. The van der Waals surface area contributed by atoms with Crippen LogP contribution in [0, 0.1) is 6.92 Å². The Labute approximate surface area is 65.8 Å². The zero-order chi connectivity index (χ0) is 7.90. The van der Waals surface area contributed by atoms with Crippen molar-refractivity contribution in [2.45, 2.75) is 38.5 Å². The minimum Gasteiger partial charge on any atom is -0.339 e. The Morgan fingerprint density at radius 3 is 2.64 bits per heavy atom. The zero-order valence-electron chi connectivity index (χ0n) is 6.92. The highest BCUT2D eigenvalue weighted by Crippen LogP contribution is 2.49. The van der Waals surface area contributed by atoms with Gasteiger partial charge in [-0.2, -0.15) is 4.98 Å². The molecule has 1 aliphatic carbocycles. The number of hydrogen-bond donors (Lipinski definition) is 0. The number of aryl methyl sites for hydroxylation is 1. The van der Waals surface area contributed by atoms with Gasteiger partial charge in [0.25, 0.3) is 0 Å². The first-order valence-electron chi connectivity index (χ1n) is 4.08. The van der Waals surface area contributed by atoms with Crippen LogP contribution in [-0.2, 0) is 5.41 Å². The Morgan fingerprint density at radius 1 is 1.55 bits per heavy atom. The van der Waals surface area contributed by atoms with E-state index in [1.165, 1.54) is 12.8 Å². The highest BCUT2D eigenvalue weighted by Gasteiger charge is 2.47. The molecule has 1 aliphatic rings. The molecule has 1 saturated carbocycles. The summed E-state index contributed by atoms with van der Waals surface area (Å²) in [6.45, 7) is 4.03. The Bertz CT molecular complexity index is 263. The third-order valence-corrected chi connectivity index (χ3v) is 2.51. The molecule has 0 atom stereocenters. The van der Waals surface area contributed by atoms with Crippen molar-refractivity contribution in [2.24, 2.45) is 0 Å². The lowest BCUT2D eigenvalue weighted by Crippen LogP contribution is -2.04. The van der Waals surface area contributed by atoms with Crippen molar-refractivity contribution in [3.8, 4) is 0 Å². The molecule has 1 heterocycles. The first-order valence-corrected chi connectivity index (χ1v) is 4.08. The highest BCUT2D eigenvalue weighted by molar-refractivity contribution is 5.14. The first kappa shape index (κ1) is 6.83. The average molecular weight is 152 g/mol. The van der Waals surface area contributed by atoms with Gasteiger partial charge in [-0.1, -0.05) is 12.1 Å². The van der Waals surface area contributed by atoms with Gasteiger partial charge in [0.1, 0.15) is 0 Å². The Balaban J connectivity index is 2.29. The third kappa shape index (κ3) is 0.951. The molecular formula is C8H12N2O. The summed E-state index contributed by atoms with van der Waals surface area (Å²) in [6.07, 6.45) is 3.55. The number of aromatic nitrogens is 2. The molecule has 0 aromatic carbocycles. The summed E-state index contributed by atoms with van der Waals surface area (Å²) >= 11 is 0. The van der Waals surface area contributed by atoms with Gasteiger partial charge in [0.05, 0.1) is 0 Å². The number of hydrogen-bond acceptors (Lipinski definition) is 3. The van der Waals surface area contributed by atoms with Crippen molar-refractivity contribution < 1.29 is 4.52 Å². The van der Waals surface area contributed by atoms with Crippen LogP contribution in [0.25, 0.3) is 0 Å². The van der Waals surface area contributed by atoms with Crippen LogP contribution in [0.3, 0.4) is 0 Å². The van der Waals surface area contributed by atoms with E-state index in [0.29, 0.717) is 0 Å². The van der Waals surface area contributed by atoms with Gasteiger partial charge in [-0.25, -0.2) is 0 Å². The van der Waals surface area contributed by atoms with Gasteiger partial charge in [0.2, 0.25) is 5.89 Å². The van der Waals surface area contributed by atoms with Crippen LogP contribution in [0.15, 0.2) is 4.52 Å². The maximum atomic E-state index is 5.12. The summed E-state index contributed by atoms with van der Waals surface area (Å²) in [5, 5.41) is 3.78. The molecule has 2 rings (SSSR count). The molecule has 11 heavy (non-hydrogen) atoms. The van der Waals surface area contributed by atoms with Crippen molar-refractivity contribution in [3.63, 3.8) is 0 Å². The van der Waals surface area contributed by atoms with E-state index in [-0.39, 0.29) is 5.41 Å². The molecule has 1 aromatic heterocycles. The van der Waals surface area contributed by atoms with E-state index < -0.39 is 0 Å². The number of nitrogens with zero attached hydrogens (tertiary/aromatic N) is 2. The Morgan fingerprint density at radius 2 is 2.27 bits per heavy atom. The molecule has 0 spiro atoms. The van der Waals surface area contributed by atoms with E-state index in [2.05, 4.69) is 17.1 Å². The molecular weight excluding hydrogens is 140 g/mol. The topological polar surface area (TPSA) is 38.9 Å². The van der Waals surface area contributed by atoms with Crippen LogP contribution in [0.2, 0.25) is 0 Å². The fourth-order valence-electron chi connectivity index (χ4n) is 1.38. The van der Waals surface area contributed by atoms with Crippen LogP contribution < -0.4 is 0 Å². The van der Waals surface area contributed by atoms with Crippen molar-refractivity contribution in [3.05, 3.63) is 11.7 Å². The lowest BCUT2D eigenvalue weighted by Gasteiger charge is -2.03. The second-order valence-corrected chi connectivity index (χ2v) is 3.28. The largest absolute Gasteiger partial charge is 0.339 e. The summed E-state index contributed by atoms with van der Waals surface area (Å²) in [5.74, 6) is 1.59. The zero-order valence-corrected chi connectivity index (χ0v) is 6.92. The third-order valence-electron chi connectivity index (χ3n) is 2.51. The van der Waals surface area contributed by atoms with Gasteiger partial charge in [-0.3, -0.25) is 0 Å². The van der Waals surface area contributed by atoms with Gasteiger partial charge < -0.3 is 4.52 Å². The van der Waals surface area contributed by atoms with Gasteiger partial charge in [-0.05, 0) is 26.2 Å². The SMILES string of the molecule is CCC1(c2nc(C)no2)CC1. The molecule has 0 bridgehead atoms. The first-order chi connectivity index (χ1) is 5.27. The molecule has 1 fully saturated rings. The number of rotatable bonds is 2. The normalized spacial score (nSPS) is 20.2. The minimum absolute atomic E-state index is 0.265. The molecule has 3 nitrogen and oxygen atoms in total. The smallest absolute Gasteiger partial charge is 0.232 e. The molecule has 0 unspecified atom stereocenters. The minimum atomic E-state index is 0.265. The lowest BCUT2D eigenvalue weighted by molar-refractivity contribution is 0.339. The molecule has 1 aromatic rings. The fraction of sp³-hybridized carbons (Fsp3) is 0.750. The molecule has 0 amide bonds. The predicted octanol–water partition coefficient (Wildman–Crippen LogP) is 1.82. The molecule has 60 valence electrons. The Hall–Kier alpha value is -0.860. The second-order valence-electron chi connectivity index (χ2n) is 3.28. The van der Waals surface area contributed by atoms with Crippen LogP contribution in [0.4, 0.5) is 0 Å². The van der Waals surface area contributed by atoms with E-state index in [1.54, 1.807) is 0 Å². The summed E-state index contributed by atoms with van der Waals surface area (Å²) in [6, 6.07) is 0. The van der Waals surface area contributed by atoms with Crippen molar-refractivity contribution >= 4 is 0 Å². The predicted molar refractivity (Wildman–Crippen MR) is 40.2 cm³/mol. The average Bonchev–Trinajstić information content (AvgIpc) is 2.70. The van der Waals surface area contributed by atoms with Gasteiger partial charge in [0, 0.05) is 5.41 Å². The van der Waals surface area contributed by atoms with E-state index in [9.17, 15) is 0 Å². The van der Waals surface area contributed by atoms with Gasteiger partial charge >= 0.3 is 0 Å². The standard InChI is InChI=1S/C8H12N2O/c1-3-8(4-5-8)7-9-6(2)10-11-7/h3-5H2,1-2H3. The van der Waals surface area contributed by atoms with E-state index in [4.69, 9.17) is 4.52 Å². The summed E-state index contributed by atoms with van der Waals surface area (Å²) < 4.78 is 5.12. The highest BCUT2D eigenvalue weighted by atomic mass is 16.5. The van der Waals surface area contributed by atoms with Crippen LogP contribution in [0.1, 0.15) is 37.9 Å². The van der Waals surface area contributed by atoms with E-state index in [1.807, 2.05) is 6.92 Å². The van der Waals surface area contributed by atoms with Crippen molar-refractivity contribution in [1.82, 2.24) is 10.1 Å². The van der Waals surface area contributed by atoms with Crippen molar-refractivity contribution in [1.29, 1.82) is 0 Å².